The molecule has 0 amide bonds. The lowest BCUT2D eigenvalue weighted by Crippen LogP contribution is -2.00. The molecule has 0 unspecified atom stereocenters. The number of hydrogen-bond acceptors (Lipinski definition) is 4. The highest BCUT2D eigenvalue weighted by atomic mass is 16.3. The first-order valence-corrected chi connectivity index (χ1v) is 18.8. The average molecular weight is 717 g/mol. The maximum atomic E-state index is 6.95. The van der Waals surface area contributed by atoms with Gasteiger partial charge in [0.15, 0.2) is 17.5 Å². The minimum atomic E-state index is 0.563. The van der Waals surface area contributed by atoms with E-state index in [-0.39, 0.29) is 0 Å². The van der Waals surface area contributed by atoms with Crippen molar-refractivity contribution in [1.29, 1.82) is 0 Å². The molecule has 0 bridgehead atoms. The minimum Gasteiger partial charge on any atom is -0.455 e. The molecule has 0 fully saturated rings. The van der Waals surface area contributed by atoms with Crippen molar-refractivity contribution in [3.63, 3.8) is 0 Å². The Hall–Kier alpha value is -7.63. The van der Waals surface area contributed by atoms with Gasteiger partial charge in [0, 0.05) is 43.9 Å². The smallest absolute Gasteiger partial charge is 0.167 e. The summed E-state index contributed by atoms with van der Waals surface area (Å²) < 4.78 is 9.32. The minimum absolute atomic E-state index is 0.563. The summed E-state index contributed by atoms with van der Waals surface area (Å²) in [6, 6.07) is 67.5. The predicted molar refractivity (Wildman–Crippen MR) is 229 cm³/mol. The maximum Gasteiger partial charge on any atom is 0.167 e. The molecule has 8 aromatic carbocycles. The first-order valence-electron chi connectivity index (χ1n) is 18.8. The lowest BCUT2D eigenvalue weighted by molar-refractivity contribution is 0.670. The lowest BCUT2D eigenvalue weighted by atomic mass is 10.0. The van der Waals surface area contributed by atoms with Crippen LogP contribution in [0.1, 0.15) is 0 Å². The second-order valence-corrected chi connectivity index (χ2v) is 14.0. The van der Waals surface area contributed by atoms with Crippen molar-refractivity contribution in [3.05, 3.63) is 194 Å². The second kappa shape index (κ2) is 13.0. The van der Waals surface area contributed by atoms with E-state index in [1.807, 2.05) is 66.7 Å². The van der Waals surface area contributed by atoms with Crippen LogP contribution in [-0.4, -0.2) is 19.5 Å². The fourth-order valence-corrected chi connectivity index (χ4v) is 8.00. The summed E-state index contributed by atoms with van der Waals surface area (Å²) in [4.78, 5) is 15.0. The third-order valence-corrected chi connectivity index (χ3v) is 10.7. The Labute approximate surface area is 322 Å². The van der Waals surface area contributed by atoms with E-state index >= 15 is 0 Å². The molecule has 5 heteroatoms. The van der Waals surface area contributed by atoms with Gasteiger partial charge in [-0.15, -0.1) is 0 Å². The topological polar surface area (TPSA) is 56.7 Å². The molecule has 0 saturated heterocycles. The largest absolute Gasteiger partial charge is 0.455 e. The molecular weight excluding hydrogens is 685 g/mol. The summed E-state index contributed by atoms with van der Waals surface area (Å²) in [7, 11) is 0. The van der Waals surface area contributed by atoms with Crippen LogP contribution in [0.5, 0.6) is 0 Å². The molecule has 56 heavy (non-hydrogen) atoms. The maximum absolute atomic E-state index is 6.95. The summed E-state index contributed by atoms with van der Waals surface area (Å²) in [6.45, 7) is 0. The molecule has 0 radical (unpaired) electrons. The Morgan fingerprint density at radius 3 is 1.46 bits per heavy atom. The van der Waals surface area contributed by atoms with Gasteiger partial charge in [-0.25, -0.2) is 15.0 Å². The highest BCUT2D eigenvalue weighted by Gasteiger charge is 2.20. The van der Waals surface area contributed by atoms with Crippen LogP contribution in [0.15, 0.2) is 199 Å². The van der Waals surface area contributed by atoms with E-state index in [1.54, 1.807) is 0 Å². The fraction of sp³-hybridized carbons (Fsp3) is 0. The molecule has 3 aromatic heterocycles. The van der Waals surface area contributed by atoms with Gasteiger partial charge in [-0.05, 0) is 47.0 Å². The van der Waals surface area contributed by atoms with Crippen LogP contribution in [0, 0.1) is 0 Å². The molecule has 0 N–H and O–H groups in total. The first kappa shape index (κ1) is 31.9. The summed E-state index contributed by atoms with van der Waals surface area (Å²) in [5, 5.41) is 4.47. The molecule has 11 rings (SSSR count). The standard InChI is InChI=1S/C51H32N4O/c1-4-14-33(15-5-1)34-26-29-38(30-27-34)55-45-25-11-10-20-40(45)41-31-28-37(32-46(41)55)39-21-12-22-42-43-23-13-24-44(48(43)56-47(39)42)51-53-49(35-16-6-2-7-17-35)52-50(54-51)36-18-8-3-9-19-36/h1-32H. The number of hydrogen-bond donors (Lipinski definition) is 0. The van der Waals surface area contributed by atoms with Crippen molar-refractivity contribution in [3.8, 4) is 62.1 Å². The number of rotatable bonds is 6. The third kappa shape index (κ3) is 5.29. The SMILES string of the molecule is c1ccc(-c2ccc(-n3c4ccccc4c4ccc(-c5cccc6c5oc5c(-c7nc(-c8ccccc8)nc(-c8ccccc8)n7)cccc56)cc43)cc2)cc1. The quantitative estimate of drug-likeness (QED) is 0.172. The molecule has 5 nitrogen and oxygen atoms in total. The predicted octanol–water partition coefficient (Wildman–Crippen LogP) is 13.2. The van der Waals surface area contributed by atoms with E-state index in [0.29, 0.717) is 17.5 Å². The Kier molecular flexibility index (Phi) is 7.42. The molecule has 262 valence electrons. The van der Waals surface area contributed by atoms with Crippen LogP contribution >= 0.6 is 0 Å². The molecule has 0 saturated carbocycles. The van der Waals surface area contributed by atoms with Gasteiger partial charge in [0.2, 0.25) is 0 Å². The molecule has 3 heterocycles. The number of aromatic nitrogens is 4. The summed E-state index contributed by atoms with van der Waals surface area (Å²) >= 11 is 0. The Bertz CT molecular complexity index is 3160. The van der Waals surface area contributed by atoms with Gasteiger partial charge in [-0.3, -0.25) is 0 Å². The Morgan fingerprint density at radius 2 is 0.804 bits per heavy atom. The summed E-state index contributed by atoms with van der Waals surface area (Å²) in [6.07, 6.45) is 0. The fourth-order valence-electron chi connectivity index (χ4n) is 8.00. The van der Waals surface area contributed by atoms with Gasteiger partial charge in [-0.2, -0.15) is 0 Å². The normalized spacial score (nSPS) is 11.6. The van der Waals surface area contributed by atoms with Gasteiger partial charge in [0.1, 0.15) is 11.2 Å². The van der Waals surface area contributed by atoms with Gasteiger partial charge in [0.05, 0.1) is 16.6 Å². The molecule has 0 aliphatic heterocycles. The summed E-state index contributed by atoms with van der Waals surface area (Å²) in [5.41, 5.74) is 12.1. The van der Waals surface area contributed by atoms with Crippen molar-refractivity contribution < 1.29 is 4.42 Å². The number of fused-ring (bicyclic) bond motifs is 6. The zero-order chi connectivity index (χ0) is 37.0. The van der Waals surface area contributed by atoms with Crippen molar-refractivity contribution >= 4 is 43.7 Å². The molecule has 0 aliphatic rings. The number of nitrogens with zero attached hydrogens (tertiary/aromatic N) is 4. The zero-order valence-corrected chi connectivity index (χ0v) is 30.2. The van der Waals surface area contributed by atoms with Crippen molar-refractivity contribution in [2.24, 2.45) is 0 Å². The zero-order valence-electron chi connectivity index (χ0n) is 30.2. The molecular formula is C51H32N4O. The highest BCUT2D eigenvalue weighted by Crippen LogP contribution is 2.41. The number of benzene rings is 8. The van der Waals surface area contributed by atoms with Crippen LogP contribution in [0.4, 0.5) is 0 Å². The van der Waals surface area contributed by atoms with Crippen LogP contribution < -0.4 is 0 Å². The Balaban J connectivity index is 1.08. The van der Waals surface area contributed by atoms with E-state index in [0.717, 1.165) is 61.0 Å². The van der Waals surface area contributed by atoms with Gasteiger partial charge < -0.3 is 8.98 Å². The Morgan fingerprint density at radius 1 is 0.321 bits per heavy atom. The van der Waals surface area contributed by atoms with E-state index in [9.17, 15) is 0 Å². The highest BCUT2D eigenvalue weighted by molar-refractivity contribution is 6.14. The van der Waals surface area contributed by atoms with Gasteiger partial charge in [0.25, 0.3) is 0 Å². The number of furan rings is 1. The molecule has 0 spiro atoms. The lowest BCUT2D eigenvalue weighted by Gasteiger charge is -2.10. The van der Waals surface area contributed by atoms with Crippen LogP contribution in [-0.2, 0) is 0 Å². The van der Waals surface area contributed by atoms with Crippen molar-refractivity contribution in [2.75, 3.05) is 0 Å². The first-order chi connectivity index (χ1) is 27.8. The van der Waals surface area contributed by atoms with E-state index in [4.69, 9.17) is 19.4 Å². The monoisotopic (exact) mass is 716 g/mol. The van der Waals surface area contributed by atoms with E-state index < -0.39 is 0 Å². The van der Waals surface area contributed by atoms with Crippen LogP contribution in [0.2, 0.25) is 0 Å². The van der Waals surface area contributed by atoms with Crippen molar-refractivity contribution in [2.45, 2.75) is 0 Å². The molecule has 0 aliphatic carbocycles. The van der Waals surface area contributed by atoms with Crippen LogP contribution in [0.3, 0.4) is 0 Å². The van der Waals surface area contributed by atoms with Crippen LogP contribution in [0.25, 0.3) is 106 Å². The van der Waals surface area contributed by atoms with Gasteiger partial charge in [-0.1, -0.05) is 164 Å². The number of para-hydroxylation sites is 3. The molecule has 11 aromatic rings. The van der Waals surface area contributed by atoms with E-state index in [2.05, 4.69) is 132 Å². The van der Waals surface area contributed by atoms with E-state index in [1.165, 1.54) is 27.4 Å². The molecule has 0 atom stereocenters. The van der Waals surface area contributed by atoms with Gasteiger partial charge >= 0.3 is 0 Å². The van der Waals surface area contributed by atoms with Crippen molar-refractivity contribution in [1.82, 2.24) is 19.5 Å². The summed E-state index contributed by atoms with van der Waals surface area (Å²) in [5.74, 6) is 1.79. The second-order valence-electron chi connectivity index (χ2n) is 14.0. The third-order valence-electron chi connectivity index (χ3n) is 10.7. The average Bonchev–Trinajstić information content (AvgIpc) is 3.83.